The van der Waals surface area contributed by atoms with Gasteiger partial charge < -0.3 is 10.1 Å². The van der Waals surface area contributed by atoms with E-state index in [0.29, 0.717) is 0 Å². The Bertz CT molecular complexity index is 369. The molecule has 3 amide bonds. The average Bonchev–Trinajstić information content (AvgIpc) is 2.26. The zero-order chi connectivity index (χ0) is 13.9. The van der Waals surface area contributed by atoms with E-state index < -0.39 is 36.7 Å². The van der Waals surface area contributed by atoms with Gasteiger partial charge in [-0.05, 0) is 6.42 Å². The lowest BCUT2D eigenvalue weighted by Gasteiger charge is -2.27. The van der Waals surface area contributed by atoms with Crippen molar-refractivity contribution in [1.82, 2.24) is 10.2 Å². The van der Waals surface area contributed by atoms with Gasteiger partial charge in [0.05, 0.1) is 0 Å². The van der Waals surface area contributed by atoms with E-state index in [2.05, 4.69) is 4.74 Å². The first-order valence-electron chi connectivity index (χ1n) is 5.01. The van der Waals surface area contributed by atoms with Crippen LogP contribution in [0.3, 0.4) is 0 Å². The number of hydrogen-bond donors (Lipinski definition) is 1. The van der Waals surface area contributed by atoms with Crippen molar-refractivity contribution in [3.8, 4) is 0 Å². The zero-order valence-corrected chi connectivity index (χ0v) is 9.41. The van der Waals surface area contributed by atoms with Crippen LogP contribution in [0.2, 0.25) is 0 Å². The highest BCUT2D eigenvalue weighted by atomic mass is 19.4. The monoisotopic (exact) mass is 268 g/mol. The number of likely N-dealkylation sites (N-methyl/N-ethyl adjacent to an activating group) is 1. The number of carbonyl (C=O) groups is 3. The van der Waals surface area contributed by atoms with E-state index in [4.69, 9.17) is 0 Å². The maximum Gasteiger partial charge on any atom is 0.422 e. The van der Waals surface area contributed by atoms with E-state index in [9.17, 15) is 27.6 Å². The highest BCUT2D eigenvalue weighted by molar-refractivity contribution is 6.01. The van der Waals surface area contributed by atoms with Crippen molar-refractivity contribution in [3.63, 3.8) is 0 Å². The van der Waals surface area contributed by atoms with Crippen molar-refractivity contribution < 1.29 is 32.3 Å². The molecule has 0 aromatic carbocycles. The van der Waals surface area contributed by atoms with E-state index in [0.717, 1.165) is 4.90 Å². The van der Waals surface area contributed by atoms with E-state index in [1.54, 1.807) is 0 Å². The maximum atomic E-state index is 11.8. The van der Waals surface area contributed by atoms with Crippen LogP contribution in [0.4, 0.5) is 18.0 Å². The summed E-state index contributed by atoms with van der Waals surface area (Å²) in [5.41, 5.74) is 0. The van der Waals surface area contributed by atoms with Crippen LogP contribution in [0, 0.1) is 0 Å². The van der Waals surface area contributed by atoms with Gasteiger partial charge in [0.15, 0.2) is 6.61 Å². The number of nitrogens with zero attached hydrogens (tertiary/aromatic N) is 1. The van der Waals surface area contributed by atoms with Crippen LogP contribution in [0.25, 0.3) is 0 Å². The fraction of sp³-hybridized carbons (Fsp3) is 0.667. The second-order valence-corrected chi connectivity index (χ2v) is 3.72. The molecule has 0 radical (unpaired) electrons. The first-order valence-corrected chi connectivity index (χ1v) is 5.01. The van der Waals surface area contributed by atoms with Gasteiger partial charge in [0.1, 0.15) is 6.04 Å². The average molecular weight is 268 g/mol. The minimum atomic E-state index is -4.62. The van der Waals surface area contributed by atoms with Crippen LogP contribution in [-0.4, -0.2) is 48.7 Å². The summed E-state index contributed by atoms with van der Waals surface area (Å²) in [7, 11) is 1.24. The van der Waals surface area contributed by atoms with Gasteiger partial charge in [-0.3, -0.25) is 14.5 Å². The Hall–Kier alpha value is -1.80. The predicted molar refractivity (Wildman–Crippen MR) is 51.3 cm³/mol. The zero-order valence-electron chi connectivity index (χ0n) is 9.41. The number of halogens is 3. The Morgan fingerprint density at radius 2 is 2.11 bits per heavy atom. The lowest BCUT2D eigenvalue weighted by Crippen LogP contribution is -2.53. The maximum absolute atomic E-state index is 11.8. The molecule has 1 rings (SSSR count). The van der Waals surface area contributed by atoms with Crippen LogP contribution in [-0.2, 0) is 14.3 Å². The van der Waals surface area contributed by atoms with Gasteiger partial charge in [-0.1, -0.05) is 0 Å². The molecule has 0 aromatic heterocycles. The molecule has 1 N–H and O–H groups in total. The number of imide groups is 1. The Kier molecular flexibility index (Phi) is 4.15. The summed E-state index contributed by atoms with van der Waals surface area (Å²) in [5.74, 6) is -1.07. The van der Waals surface area contributed by atoms with Crippen LogP contribution in [0.1, 0.15) is 12.8 Å². The molecule has 9 heteroatoms. The predicted octanol–water partition coefficient (Wildman–Crippen LogP) is 0.422. The van der Waals surface area contributed by atoms with Crippen molar-refractivity contribution in [2.75, 3.05) is 13.7 Å². The number of nitrogens with one attached hydrogen (secondary N) is 1. The topological polar surface area (TPSA) is 75.7 Å². The summed E-state index contributed by atoms with van der Waals surface area (Å²) in [6.45, 7) is -1.73. The van der Waals surface area contributed by atoms with Crippen molar-refractivity contribution in [2.24, 2.45) is 0 Å². The minimum absolute atomic E-state index is 0.0342. The van der Waals surface area contributed by atoms with Crippen molar-refractivity contribution in [1.29, 1.82) is 0 Å². The molecular formula is C9H11F3N2O4. The first-order chi connectivity index (χ1) is 8.20. The Labute approximate surface area is 100 Å². The first kappa shape index (κ1) is 14.3. The number of piperidine rings is 1. The van der Waals surface area contributed by atoms with Crippen molar-refractivity contribution in [3.05, 3.63) is 0 Å². The number of carbonyl (C=O) groups excluding carboxylic acids is 3. The fourth-order valence-corrected chi connectivity index (χ4v) is 1.38. The number of ether oxygens (including phenoxy) is 1. The number of hydrogen-bond acceptors (Lipinski definition) is 4. The van der Waals surface area contributed by atoms with Gasteiger partial charge in [0.25, 0.3) is 5.91 Å². The van der Waals surface area contributed by atoms with Crippen molar-refractivity contribution in [2.45, 2.75) is 25.1 Å². The quantitative estimate of drug-likeness (QED) is 0.736. The SMILES string of the molecule is CN1C(=O)CCC(NC(=O)OCC(F)(F)F)C1=O. The number of rotatable bonds is 2. The van der Waals surface area contributed by atoms with Crippen LogP contribution in [0.15, 0.2) is 0 Å². The number of alkyl halides is 3. The molecule has 0 spiro atoms. The molecule has 1 aliphatic heterocycles. The lowest BCUT2D eigenvalue weighted by atomic mass is 10.1. The Morgan fingerprint density at radius 3 is 2.67 bits per heavy atom. The molecule has 0 saturated carbocycles. The molecule has 18 heavy (non-hydrogen) atoms. The molecule has 102 valence electrons. The van der Waals surface area contributed by atoms with Gasteiger partial charge in [0, 0.05) is 13.5 Å². The van der Waals surface area contributed by atoms with Crippen LogP contribution < -0.4 is 5.32 Å². The molecule has 1 saturated heterocycles. The molecule has 6 nitrogen and oxygen atoms in total. The van der Waals surface area contributed by atoms with Crippen molar-refractivity contribution >= 4 is 17.9 Å². The highest BCUT2D eigenvalue weighted by Gasteiger charge is 2.34. The standard InChI is InChI=1S/C9H11F3N2O4/c1-14-6(15)3-2-5(7(14)16)13-8(17)18-4-9(10,11)12/h5H,2-4H2,1H3,(H,13,17). The van der Waals surface area contributed by atoms with Gasteiger partial charge in [-0.2, -0.15) is 13.2 Å². The molecule has 1 atom stereocenters. The molecule has 0 bridgehead atoms. The normalized spacial score (nSPS) is 20.9. The molecule has 1 unspecified atom stereocenters. The van der Waals surface area contributed by atoms with E-state index >= 15 is 0 Å². The third-order valence-electron chi connectivity index (χ3n) is 2.31. The summed E-state index contributed by atoms with van der Waals surface area (Å²) >= 11 is 0. The van der Waals surface area contributed by atoms with Gasteiger partial charge in [-0.25, -0.2) is 4.79 Å². The minimum Gasteiger partial charge on any atom is -0.440 e. The van der Waals surface area contributed by atoms with Gasteiger partial charge >= 0.3 is 12.3 Å². The highest BCUT2D eigenvalue weighted by Crippen LogP contribution is 2.15. The molecule has 1 heterocycles. The Balaban J connectivity index is 2.45. The largest absolute Gasteiger partial charge is 0.440 e. The molecular weight excluding hydrogens is 257 g/mol. The van der Waals surface area contributed by atoms with E-state index in [-0.39, 0.29) is 12.8 Å². The number of amides is 3. The summed E-state index contributed by atoms with van der Waals surface area (Å²) in [6, 6.07) is -1.03. The second-order valence-electron chi connectivity index (χ2n) is 3.72. The molecule has 1 fully saturated rings. The van der Waals surface area contributed by atoms with E-state index in [1.807, 2.05) is 5.32 Å². The van der Waals surface area contributed by atoms with E-state index in [1.165, 1.54) is 7.05 Å². The van der Waals surface area contributed by atoms with Crippen LogP contribution in [0.5, 0.6) is 0 Å². The lowest BCUT2D eigenvalue weighted by molar-refractivity contribution is -0.160. The number of likely N-dealkylation sites (tertiary alicyclic amines) is 1. The third-order valence-corrected chi connectivity index (χ3v) is 2.31. The van der Waals surface area contributed by atoms with Gasteiger partial charge in [0.2, 0.25) is 5.91 Å². The van der Waals surface area contributed by atoms with Gasteiger partial charge in [-0.15, -0.1) is 0 Å². The summed E-state index contributed by atoms with van der Waals surface area (Å²) < 4.78 is 39.2. The third kappa shape index (κ3) is 3.90. The molecule has 1 aliphatic rings. The summed E-state index contributed by atoms with van der Waals surface area (Å²) in [5, 5.41) is 1.99. The molecule has 0 aliphatic carbocycles. The second kappa shape index (κ2) is 5.23. The Morgan fingerprint density at radius 1 is 1.50 bits per heavy atom. The molecule has 0 aromatic rings. The smallest absolute Gasteiger partial charge is 0.422 e. The van der Waals surface area contributed by atoms with Crippen LogP contribution >= 0.6 is 0 Å². The summed E-state index contributed by atoms with van der Waals surface area (Å²) in [6.07, 6.45) is -5.88. The fourth-order valence-electron chi connectivity index (χ4n) is 1.38. The summed E-state index contributed by atoms with van der Waals surface area (Å²) in [4.78, 5) is 34.4. The number of alkyl carbamates (subject to hydrolysis) is 1.